The predicted molar refractivity (Wildman–Crippen MR) is 106 cm³/mol. The Bertz CT molecular complexity index is 964. The van der Waals surface area contributed by atoms with Crippen LogP contribution in [-0.2, 0) is 4.74 Å². The molecule has 2 aromatic rings. The van der Waals surface area contributed by atoms with Crippen molar-refractivity contribution in [3.8, 4) is 5.75 Å². The van der Waals surface area contributed by atoms with Crippen LogP contribution in [0.15, 0.2) is 35.1 Å². The van der Waals surface area contributed by atoms with E-state index in [-0.39, 0.29) is 11.6 Å². The third-order valence-corrected chi connectivity index (χ3v) is 6.33. The van der Waals surface area contributed by atoms with Crippen LogP contribution in [0.1, 0.15) is 37.9 Å². The molecule has 7 heteroatoms. The van der Waals surface area contributed by atoms with Gasteiger partial charge in [-0.2, -0.15) is 5.10 Å². The number of rotatable bonds is 4. The highest BCUT2D eigenvalue weighted by atomic mass is 16.5. The van der Waals surface area contributed by atoms with Gasteiger partial charge in [-0.3, -0.25) is 5.10 Å². The lowest BCUT2D eigenvalue weighted by Crippen LogP contribution is -2.39. The van der Waals surface area contributed by atoms with Crippen LogP contribution in [0.4, 0.5) is 0 Å². The van der Waals surface area contributed by atoms with Gasteiger partial charge >= 0.3 is 0 Å². The first-order valence-corrected chi connectivity index (χ1v) is 10.2. The third kappa shape index (κ3) is 2.85. The van der Waals surface area contributed by atoms with Crippen LogP contribution in [-0.4, -0.2) is 52.8 Å². The highest BCUT2D eigenvalue weighted by Crippen LogP contribution is 2.40. The molecule has 0 spiro atoms. The Morgan fingerprint density at radius 1 is 1.29 bits per heavy atom. The summed E-state index contributed by atoms with van der Waals surface area (Å²) in [5.74, 6) is 2.55. The van der Waals surface area contributed by atoms with Gasteiger partial charge < -0.3 is 19.7 Å². The monoisotopic (exact) mass is 379 g/mol. The lowest BCUT2D eigenvalue weighted by atomic mass is 10.00. The first-order valence-electron chi connectivity index (χ1n) is 10.2. The van der Waals surface area contributed by atoms with Crippen molar-refractivity contribution in [1.82, 2.24) is 20.4 Å². The molecule has 0 radical (unpaired) electrons. The van der Waals surface area contributed by atoms with Crippen LogP contribution in [0.3, 0.4) is 0 Å². The van der Waals surface area contributed by atoms with E-state index in [9.17, 15) is 0 Å². The molecule has 4 aliphatic rings. The fourth-order valence-electron chi connectivity index (χ4n) is 4.50. The summed E-state index contributed by atoms with van der Waals surface area (Å²) in [7, 11) is 0. The van der Waals surface area contributed by atoms with Crippen molar-refractivity contribution >= 4 is 17.2 Å². The fraction of sp³-hybridized carbons (Fsp3) is 0.524. The van der Waals surface area contributed by atoms with E-state index in [1.165, 1.54) is 6.42 Å². The number of ether oxygens (including phenoxy) is 2. The van der Waals surface area contributed by atoms with Crippen molar-refractivity contribution in [3.05, 3.63) is 35.8 Å². The molecule has 1 saturated carbocycles. The number of likely N-dealkylation sites (tertiary alicyclic amines) is 1. The van der Waals surface area contributed by atoms with E-state index >= 15 is 0 Å². The van der Waals surface area contributed by atoms with E-state index in [2.05, 4.69) is 44.5 Å². The van der Waals surface area contributed by atoms with E-state index in [1.54, 1.807) is 6.34 Å². The number of benzene rings is 1. The summed E-state index contributed by atoms with van der Waals surface area (Å²) in [5, 5.41) is 12.2. The summed E-state index contributed by atoms with van der Waals surface area (Å²) < 4.78 is 12.0. The molecule has 3 unspecified atom stereocenters. The Hall–Kier alpha value is -2.54. The molecule has 1 aromatic heterocycles. The minimum absolute atomic E-state index is 0.01000. The molecule has 4 heterocycles. The highest BCUT2D eigenvalue weighted by molar-refractivity contribution is 5.84. The molecular weight excluding hydrogens is 354 g/mol. The molecule has 146 valence electrons. The summed E-state index contributed by atoms with van der Waals surface area (Å²) >= 11 is 0. The molecule has 2 bridgehead atoms. The zero-order chi connectivity index (χ0) is 18.7. The minimum Gasteiger partial charge on any atom is -0.488 e. The van der Waals surface area contributed by atoms with E-state index in [1.807, 2.05) is 12.1 Å². The third-order valence-electron chi connectivity index (χ3n) is 6.33. The van der Waals surface area contributed by atoms with Crippen molar-refractivity contribution < 1.29 is 9.47 Å². The van der Waals surface area contributed by atoms with E-state index < -0.39 is 0 Å². The fourth-order valence-corrected chi connectivity index (χ4v) is 4.50. The van der Waals surface area contributed by atoms with E-state index in [0.717, 1.165) is 60.7 Å². The Balaban J connectivity index is 1.29. The molecule has 2 saturated heterocycles. The second-order valence-corrected chi connectivity index (χ2v) is 8.76. The number of fused-ring (bicyclic) bond motifs is 3. The molecule has 7 nitrogen and oxygen atoms in total. The average Bonchev–Trinajstić information content (AvgIpc) is 3.14. The number of piperidine rings is 1. The Morgan fingerprint density at radius 3 is 3.07 bits per heavy atom. The van der Waals surface area contributed by atoms with Crippen LogP contribution in [0.25, 0.3) is 10.9 Å². The number of aromatic nitrogens is 2. The summed E-state index contributed by atoms with van der Waals surface area (Å²) in [6.45, 7) is 4.98. The van der Waals surface area contributed by atoms with Gasteiger partial charge in [0.05, 0.1) is 36.3 Å². The van der Waals surface area contributed by atoms with Gasteiger partial charge in [0.25, 0.3) is 0 Å². The summed E-state index contributed by atoms with van der Waals surface area (Å²) in [6.07, 6.45) is 7.74. The van der Waals surface area contributed by atoms with Gasteiger partial charge in [0.2, 0.25) is 0 Å². The van der Waals surface area contributed by atoms with E-state index in [4.69, 9.17) is 9.47 Å². The zero-order valence-electron chi connectivity index (χ0n) is 16.0. The number of hydrogen-bond donors (Lipinski definition) is 2. The van der Waals surface area contributed by atoms with Crippen LogP contribution >= 0.6 is 0 Å². The molecule has 6 rings (SSSR count). The molecule has 3 atom stereocenters. The number of nitrogens with zero attached hydrogens (tertiary/aromatic N) is 3. The first kappa shape index (κ1) is 16.4. The second-order valence-electron chi connectivity index (χ2n) is 8.76. The molecule has 2 N–H and O–H groups in total. The van der Waals surface area contributed by atoms with Crippen LogP contribution in [0.2, 0.25) is 0 Å². The SMILES string of the molecule is CC1(Oc2ccc3[nH]nc(C4C=C(N5CC6COC(C6)C5)N=CN4)c3c2)CC1. The van der Waals surface area contributed by atoms with Gasteiger partial charge in [0.1, 0.15) is 17.2 Å². The second kappa shape index (κ2) is 5.98. The molecule has 3 aliphatic heterocycles. The highest BCUT2D eigenvalue weighted by Gasteiger charge is 2.40. The largest absolute Gasteiger partial charge is 0.488 e. The standard InChI is InChI=1S/C21H25N5O2/c1-21(4-5-21)28-14-2-3-17-16(7-14)20(25-24-17)18-8-19(23-12-22-18)26-9-13-6-15(10-26)27-11-13/h2-3,7-8,12-13,15,18H,4-6,9-11H2,1H3,(H,22,23)(H,24,25). The lowest BCUT2D eigenvalue weighted by Gasteiger charge is -2.33. The van der Waals surface area contributed by atoms with E-state index in [0.29, 0.717) is 12.0 Å². The summed E-state index contributed by atoms with van der Waals surface area (Å²) in [6, 6.07) is 6.16. The lowest BCUT2D eigenvalue weighted by molar-refractivity contribution is 0.0938. The first-order chi connectivity index (χ1) is 13.7. The predicted octanol–water partition coefficient (Wildman–Crippen LogP) is 2.73. The van der Waals surface area contributed by atoms with Crippen LogP contribution in [0.5, 0.6) is 5.75 Å². The number of aromatic amines is 1. The van der Waals surface area contributed by atoms with Gasteiger partial charge in [-0.25, -0.2) is 4.99 Å². The van der Waals surface area contributed by atoms with Gasteiger partial charge in [-0.15, -0.1) is 0 Å². The van der Waals surface area contributed by atoms with Gasteiger partial charge in [-0.05, 0) is 50.5 Å². The number of H-pyrrole nitrogens is 1. The Labute approximate surface area is 163 Å². The Kier molecular flexibility index (Phi) is 3.50. The van der Waals surface area contributed by atoms with Crippen molar-refractivity contribution in [1.29, 1.82) is 0 Å². The topological polar surface area (TPSA) is 74.8 Å². The number of aliphatic imine (C=N–C) groups is 1. The summed E-state index contributed by atoms with van der Waals surface area (Å²) in [4.78, 5) is 6.95. The van der Waals surface area contributed by atoms with Gasteiger partial charge in [0, 0.05) is 24.4 Å². The number of nitrogens with one attached hydrogen (secondary N) is 2. The maximum atomic E-state index is 6.15. The Morgan fingerprint density at radius 2 is 2.21 bits per heavy atom. The average molecular weight is 379 g/mol. The van der Waals surface area contributed by atoms with Crippen molar-refractivity contribution in [3.63, 3.8) is 0 Å². The van der Waals surface area contributed by atoms with Crippen molar-refractivity contribution in [2.24, 2.45) is 10.9 Å². The normalized spacial score (nSPS) is 30.2. The quantitative estimate of drug-likeness (QED) is 0.854. The molecule has 0 amide bonds. The smallest absolute Gasteiger partial charge is 0.128 e. The molecule has 1 aliphatic carbocycles. The molecule has 28 heavy (non-hydrogen) atoms. The molecule has 3 fully saturated rings. The van der Waals surface area contributed by atoms with Crippen LogP contribution in [0, 0.1) is 5.92 Å². The maximum absolute atomic E-state index is 6.15. The van der Waals surface area contributed by atoms with Crippen molar-refractivity contribution in [2.75, 3.05) is 19.7 Å². The maximum Gasteiger partial charge on any atom is 0.128 e. The summed E-state index contributed by atoms with van der Waals surface area (Å²) in [5.41, 5.74) is 2.00. The molecular formula is C21H25N5O2. The van der Waals surface area contributed by atoms with Gasteiger partial charge in [-0.1, -0.05) is 0 Å². The number of hydrogen-bond acceptors (Lipinski definition) is 6. The minimum atomic E-state index is -0.0199. The zero-order valence-corrected chi connectivity index (χ0v) is 16.0. The van der Waals surface area contributed by atoms with Gasteiger partial charge in [0.15, 0.2) is 0 Å². The van der Waals surface area contributed by atoms with Crippen molar-refractivity contribution in [2.45, 2.75) is 43.9 Å². The molecule has 1 aromatic carbocycles. The van der Waals surface area contributed by atoms with Crippen LogP contribution < -0.4 is 10.1 Å².